The van der Waals surface area contributed by atoms with E-state index in [4.69, 9.17) is 14.0 Å². The van der Waals surface area contributed by atoms with Crippen LogP contribution in [-0.2, 0) is 13.6 Å². The normalized spacial score (nSPS) is 22.1. The van der Waals surface area contributed by atoms with E-state index in [2.05, 4.69) is 47.6 Å². The molecule has 0 aliphatic carbocycles. The van der Waals surface area contributed by atoms with Gasteiger partial charge >= 0.3 is 7.60 Å². The number of unbranched alkanes of at least 4 members (excludes halogenated alkanes) is 3. The molecule has 0 N–H and O–H groups in total. The van der Waals surface area contributed by atoms with Crippen molar-refractivity contribution in [2.45, 2.75) is 131 Å². The van der Waals surface area contributed by atoms with Crippen LogP contribution in [0.4, 0.5) is 0 Å². The minimum Gasteiger partial charge on any atom is -0.308 e. The van der Waals surface area contributed by atoms with E-state index in [0.717, 1.165) is 38.5 Å². The first-order valence-electron chi connectivity index (χ1n) is 14.5. The van der Waals surface area contributed by atoms with E-state index in [0.29, 0.717) is 37.1 Å². The maximum atomic E-state index is 14.3. The van der Waals surface area contributed by atoms with Gasteiger partial charge in [-0.2, -0.15) is 0 Å². The van der Waals surface area contributed by atoms with Gasteiger partial charge in [0.2, 0.25) is 0 Å². The second-order valence-corrected chi connectivity index (χ2v) is 12.6. The van der Waals surface area contributed by atoms with E-state index in [1.54, 1.807) is 0 Å². The summed E-state index contributed by atoms with van der Waals surface area (Å²) in [5, 5.41) is 0. The summed E-state index contributed by atoms with van der Waals surface area (Å²) in [6, 6.07) is 0. The number of allylic oxidation sites excluding steroid dienone is 1. The van der Waals surface area contributed by atoms with Crippen LogP contribution in [-0.4, -0.2) is 31.1 Å². The van der Waals surface area contributed by atoms with Gasteiger partial charge in [-0.3, -0.25) is 9.56 Å². The second kappa shape index (κ2) is 17.9. The van der Waals surface area contributed by atoms with Crippen LogP contribution in [0.3, 0.4) is 0 Å². The number of rotatable bonds is 22. The molecule has 0 saturated heterocycles. The summed E-state index contributed by atoms with van der Waals surface area (Å²) in [5.41, 5.74) is -0.458. The van der Waals surface area contributed by atoms with Crippen molar-refractivity contribution in [3.63, 3.8) is 0 Å². The molecule has 0 aromatic carbocycles. The number of hydrogen-bond acceptors (Lipinski definition) is 4. The number of hydrogen-bond donors (Lipinski definition) is 0. The molecule has 4 unspecified atom stereocenters. The Labute approximate surface area is 212 Å². The van der Waals surface area contributed by atoms with Gasteiger partial charge in [0.1, 0.15) is 0 Å². The van der Waals surface area contributed by atoms with Crippen LogP contribution < -0.4 is 0 Å². The van der Waals surface area contributed by atoms with Crippen LogP contribution in [0.1, 0.15) is 125 Å². The summed E-state index contributed by atoms with van der Waals surface area (Å²) >= 11 is 0. The third-order valence-corrected chi connectivity index (χ3v) is 9.60. The van der Waals surface area contributed by atoms with Gasteiger partial charge in [-0.1, -0.05) is 112 Å². The Bertz CT molecular complexity index is 582. The molecule has 200 valence electrons. The SMILES string of the molecule is CCCCC(CC)COP(=O)(CC1(CC(CC)CCCC)C=CC=N1)OCC(CC)CCCC. The summed E-state index contributed by atoms with van der Waals surface area (Å²) < 4.78 is 26.9. The minimum absolute atomic E-state index is 0.365. The Balaban J connectivity index is 3.02. The van der Waals surface area contributed by atoms with Gasteiger partial charge in [0, 0.05) is 6.21 Å². The van der Waals surface area contributed by atoms with Crippen molar-refractivity contribution in [2.24, 2.45) is 22.7 Å². The molecule has 4 nitrogen and oxygen atoms in total. The lowest BCUT2D eigenvalue weighted by Crippen LogP contribution is -2.32. The topological polar surface area (TPSA) is 47.9 Å². The molecule has 5 heteroatoms. The number of aliphatic imine (C=N–C) groups is 1. The van der Waals surface area contributed by atoms with Crippen molar-refractivity contribution in [1.29, 1.82) is 0 Å². The van der Waals surface area contributed by atoms with E-state index in [1.807, 2.05) is 12.3 Å². The number of nitrogens with zero attached hydrogens (tertiary/aromatic N) is 1. The fourth-order valence-electron chi connectivity index (χ4n) is 4.88. The van der Waals surface area contributed by atoms with E-state index in [9.17, 15) is 4.57 Å². The van der Waals surface area contributed by atoms with E-state index < -0.39 is 13.1 Å². The van der Waals surface area contributed by atoms with Crippen molar-refractivity contribution in [3.8, 4) is 0 Å². The zero-order valence-corrected chi connectivity index (χ0v) is 24.3. The summed E-state index contributed by atoms with van der Waals surface area (Å²) in [4.78, 5) is 4.87. The molecule has 0 radical (unpaired) electrons. The average molecular weight is 498 g/mol. The van der Waals surface area contributed by atoms with Crippen molar-refractivity contribution in [1.82, 2.24) is 0 Å². The third-order valence-electron chi connectivity index (χ3n) is 7.58. The smallest absolute Gasteiger partial charge is 0.308 e. The van der Waals surface area contributed by atoms with E-state index >= 15 is 0 Å². The lowest BCUT2D eigenvalue weighted by molar-refractivity contribution is 0.147. The Kier molecular flexibility index (Phi) is 16.6. The Hall–Kier alpha value is -0.440. The largest absolute Gasteiger partial charge is 0.333 e. The third kappa shape index (κ3) is 12.0. The molecule has 0 aromatic rings. The Morgan fingerprint density at radius 1 is 0.765 bits per heavy atom. The fraction of sp³-hybridized carbons (Fsp3) is 0.897. The van der Waals surface area contributed by atoms with Crippen LogP contribution in [0.2, 0.25) is 0 Å². The first-order chi connectivity index (χ1) is 16.4. The highest BCUT2D eigenvalue weighted by molar-refractivity contribution is 7.54. The molecule has 1 rings (SSSR count). The van der Waals surface area contributed by atoms with Crippen LogP contribution in [0.5, 0.6) is 0 Å². The van der Waals surface area contributed by atoms with Gasteiger partial charge < -0.3 is 9.05 Å². The van der Waals surface area contributed by atoms with Crippen LogP contribution >= 0.6 is 7.60 Å². The maximum Gasteiger partial charge on any atom is 0.333 e. The molecule has 0 amide bonds. The molecule has 1 heterocycles. The maximum absolute atomic E-state index is 14.3. The molecule has 0 bridgehead atoms. The monoisotopic (exact) mass is 497 g/mol. The van der Waals surface area contributed by atoms with Crippen molar-refractivity contribution < 1.29 is 13.6 Å². The van der Waals surface area contributed by atoms with Crippen LogP contribution in [0.15, 0.2) is 17.1 Å². The Morgan fingerprint density at radius 3 is 1.62 bits per heavy atom. The van der Waals surface area contributed by atoms with E-state index in [-0.39, 0.29) is 0 Å². The van der Waals surface area contributed by atoms with E-state index in [1.165, 1.54) is 44.9 Å². The van der Waals surface area contributed by atoms with Crippen LogP contribution in [0.25, 0.3) is 0 Å². The minimum atomic E-state index is -3.29. The summed E-state index contributed by atoms with van der Waals surface area (Å²) in [6.07, 6.45) is 21.2. The molecule has 4 atom stereocenters. The highest BCUT2D eigenvalue weighted by Gasteiger charge is 2.41. The zero-order chi connectivity index (χ0) is 25.3. The lowest BCUT2D eigenvalue weighted by Gasteiger charge is -2.33. The molecule has 0 fully saturated rings. The lowest BCUT2D eigenvalue weighted by atomic mass is 9.85. The molecule has 0 saturated carbocycles. The molecule has 1 aliphatic heterocycles. The highest BCUT2D eigenvalue weighted by atomic mass is 31.2. The second-order valence-electron chi connectivity index (χ2n) is 10.6. The van der Waals surface area contributed by atoms with Gasteiger partial charge in [-0.05, 0) is 43.1 Å². The quantitative estimate of drug-likeness (QED) is 0.140. The predicted octanol–water partition coefficient (Wildman–Crippen LogP) is 9.63. The molecular weight excluding hydrogens is 441 g/mol. The first kappa shape index (κ1) is 31.6. The standard InChI is InChI=1S/C29H56NO3P/c1-7-13-17-26(10-4)22-29(20-16-21-30-29)25-34(31,32-23-27(11-5)18-14-8-2)33-24-28(12-6)19-15-9-3/h16,20-21,26-28H,7-15,17-19,22-25H2,1-6H3. The molecular formula is C29H56NO3P. The van der Waals surface area contributed by atoms with Gasteiger partial charge in [0.15, 0.2) is 0 Å². The van der Waals surface area contributed by atoms with Gasteiger partial charge in [0.05, 0.1) is 24.9 Å². The fourth-order valence-corrected chi connectivity index (χ4v) is 7.00. The Morgan fingerprint density at radius 2 is 1.24 bits per heavy atom. The summed E-state index contributed by atoms with van der Waals surface area (Å²) in [7, 11) is -3.29. The average Bonchev–Trinajstić information content (AvgIpc) is 3.29. The van der Waals surface area contributed by atoms with Crippen molar-refractivity contribution in [3.05, 3.63) is 12.2 Å². The molecule has 34 heavy (non-hydrogen) atoms. The van der Waals surface area contributed by atoms with Crippen molar-refractivity contribution in [2.75, 3.05) is 19.4 Å². The highest BCUT2D eigenvalue weighted by Crippen LogP contribution is 2.54. The molecule has 1 aliphatic rings. The summed E-state index contributed by atoms with van der Waals surface area (Å²) in [6.45, 7) is 14.4. The predicted molar refractivity (Wildman–Crippen MR) is 149 cm³/mol. The van der Waals surface area contributed by atoms with Crippen molar-refractivity contribution >= 4 is 13.8 Å². The van der Waals surface area contributed by atoms with Crippen LogP contribution in [0, 0.1) is 17.8 Å². The van der Waals surface area contributed by atoms with Gasteiger partial charge in [-0.25, -0.2) is 0 Å². The van der Waals surface area contributed by atoms with Gasteiger partial charge in [0.25, 0.3) is 0 Å². The molecule has 0 spiro atoms. The van der Waals surface area contributed by atoms with Gasteiger partial charge in [-0.15, -0.1) is 0 Å². The zero-order valence-electron chi connectivity index (χ0n) is 23.4. The summed E-state index contributed by atoms with van der Waals surface area (Å²) in [5.74, 6) is 1.45. The first-order valence-corrected chi connectivity index (χ1v) is 16.2. The molecule has 0 aromatic heterocycles.